The molecule has 1 aromatic heterocycles. The Hall–Kier alpha value is -1.53. The number of benzene rings is 1. The molecule has 1 heterocycles. The molecule has 0 aliphatic rings. The van der Waals surface area contributed by atoms with Crippen LogP contribution in [-0.4, -0.2) is 18.7 Å². The van der Waals surface area contributed by atoms with Gasteiger partial charge in [0.15, 0.2) is 11.1 Å². The van der Waals surface area contributed by atoms with Crippen molar-refractivity contribution in [3.63, 3.8) is 0 Å². The molecule has 1 atom stereocenters. The van der Waals surface area contributed by atoms with E-state index in [9.17, 15) is 9.00 Å². The van der Waals surface area contributed by atoms with Crippen LogP contribution in [0.25, 0.3) is 10.9 Å². The molecule has 0 spiro atoms. The van der Waals surface area contributed by atoms with Crippen molar-refractivity contribution in [2.75, 3.05) is 0 Å². The zero-order valence-corrected chi connectivity index (χ0v) is 8.45. The first kappa shape index (κ1) is 10.0. The van der Waals surface area contributed by atoms with E-state index in [0.29, 0.717) is 16.5 Å². The van der Waals surface area contributed by atoms with E-state index in [0.717, 1.165) is 0 Å². The van der Waals surface area contributed by atoms with Crippen LogP contribution in [0, 0.1) is 0 Å². The van der Waals surface area contributed by atoms with Crippen LogP contribution in [0.1, 0.15) is 5.56 Å². The van der Waals surface area contributed by atoms with Crippen molar-refractivity contribution >= 4 is 22.0 Å². The summed E-state index contributed by atoms with van der Waals surface area (Å²) in [4.78, 5) is 17.7. The lowest BCUT2D eigenvalue weighted by molar-refractivity contribution is 0.563. The third-order valence-corrected chi connectivity index (χ3v) is 2.58. The maximum Gasteiger partial charge on any atom is 0.258 e. The predicted octanol–water partition coefficient (Wildman–Crippen LogP) is 0.645. The average molecular weight is 224 g/mol. The van der Waals surface area contributed by atoms with Gasteiger partial charge in [-0.3, -0.25) is 4.79 Å². The Morgan fingerprint density at radius 2 is 2.27 bits per heavy atom. The van der Waals surface area contributed by atoms with E-state index in [1.807, 2.05) is 0 Å². The summed E-state index contributed by atoms with van der Waals surface area (Å²) in [7, 11) is 0. The van der Waals surface area contributed by atoms with E-state index in [-0.39, 0.29) is 11.3 Å². The number of nitrogens with one attached hydrogen (secondary N) is 1. The quantitative estimate of drug-likeness (QED) is 0.733. The summed E-state index contributed by atoms with van der Waals surface area (Å²) in [6.45, 7) is 0. The second-order valence-electron chi connectivity index (χ2n) is 3.05. The molecule has 2 N–H and O–H groups in total. The standard InChI is InChI=1S/C9H8N2O3S/c12-9-7-2-1-6(4-15(13)14)3-8(7)10-5-11-9/h1-3,5H,4H2,(H,13,14)(H,10,11,12). The van der Waals surface area contributed by atoms with Crippen molar-refractivity contribution < 1.29 is 8.76 Å². The molecule has 2 rings (SSSR count). The second-order valence-corrected chi connectivity index (χ2v) is 3.98. The van der Waals surface area contributed by atoms with E-state index in [1.54, 1.807) is 18.2 Å². The maximum atomic E-state index is 11.3. The molecule has 0 saturated carbocycles. The van der Waals surface area contributed by atoms with Crippen LogP contribution in [0.4, 0.5) is 0 Å². The number of aromatic nitrogens is 2. The van der Waals surface area contributed by atoms with Crippen LogP contribution < -0.4 is 5.56 Å². The summed E-state index contributed by atoms with van der Waals surface area (Å²) in [5.41, 5.74) is 1.000. The molecule has 0 aliphatic carbocycles. The lowest BCUT2D eigenvalue weighted by atomic mass is 10.2. The Morgan fingerprint density at radius 3 is 3.00 bits per heavy atom. The van der Waals surface area contributed by atoms with Crippen LogP contribution in [0.5, 0.6) is 0 Å². The van der Waals surface area contributed by atoms with Gasteiger partial charge in [-0.25, -0.2) is 9.19 Å². The molecule has 1 aromatic carbocycles. The molecule has 2 aromatic rings. The summed E-state index contributed by atoms with van der Waals surface area (Å²) >= 11 is -1.88. The van der Waals surface area contributed by atoms with Gasteiger partial charge in [-0.15, -0.1) is 0 Å². The third kappa shape index (κ3) is 2.11. The number of hydrogen-bond donors (Lipinski definition) is 2. The normalized spacial score (nSPS) is 12.9. The Morgan fingerprint density at radius 1 is 1.47 bits per heavy atom. The van der Waals surface area contributed by atoms with E-state index < -0.39 is 11.1 Å². The molecular weight excluding hydrogens is 216 g/mol. The van der Waals surface area contributed by atoms with Gasteiger partial charge < -0.3 is 9.54 Å². The molecule has 6 heteroatoms. The molecule has 1 unspecified atom stereocenters. The van der Waals surface area contributed by atoms with Gasteiger partial charge in [0.25, 0.3) is 5.56 Å². The minimum Gasteiger partial charge on any atom is -0.313 e. The molecule has 0 saturated heterocycles. The minimum absolute atomic E-state index is 0.0461. The summed E-state index contributed by atoms with van der Waals surface area (Å²) in [6.07, 6.45) is 1.31. The average Bonchev–Trinajstić information content (AvgIpc) is 2.17. The van der Waals surface area contributed by atoms with Gasteiger partial charge in [-0.05, 0) is 17.7 Å². The lowest BCUT2D eigenvalue weighted by Gasteiger charge is -1.99. The molecular formula is C9H8N2O3S. The summed E-state index contributed by atoms with van der Waals surface area (Å²) in [5.74, 6) is 0.0461. The first-order chi connectivity index (χ1) is 7.16. The van der Waals surface area contributed by atoms with Gasteiger partial charge in [0.05, 0.1) is 23.0 Å². The van der Waals surface area contributed by atoms with Gasteiger partial charge >= 0.3 is 0 Å². The van der Waals surface area contributed by atoms with Crippen molar-refractivity contribution in [1.29, 1.82) is 0 Å². The van der Waals surface area contributed by atoms with Crippen molar-refractivity contribution in [2.45, 2.75) is 5.75 Å². The summed E-state index contributed by atoms with van der Waals surface area (Å²) in [6, 6.07) is 4.88. The SMILES string of the molecule is O=c1[nH]cnc2cc(CS(=O)O)ccc12. The van der Waals surface area contributed by atoms with Crippen molar-refractivity contribution in [2.24, 2.45) is 0 Å². The molecule has 78 valence electrons. The highest BCUT2D eigenvalue weighted by Crippen LogP contribution is 2.10. The van der Waals surface area contributed by atoms with E-state index >= 15 is 0 Å². The van der Waals surface area contributed by atoms with E-state index in [2.05, 4.69) is 9.97 Å². The Labute approximate surface area is 87.5 Å². The molecule has 0 aliphatic heterocycles. The van der Waals surface area contributed by atoms with Gasteiger partial charge in [0, 0.05) is 0 Å². The van der Waals surface area contributed by atoms with Gasteiger partial charge in [0.2, 0.25) is 0 Å². The summed E-state index contributed by atoms with van der Waals surface area (Å²) < 4.78 is 19.3. The zero-order chi connectivity index (χ0) is 10.8. The molecule has 0 fully saturated rings. The molecule has 0 bridgehead atoms. The minimum atomic E-state index is -1.88. The molecule has 5 nitrogen and oxygen atoms in total. The Bertz CT molecular complexity index is 579. The Balaban J connectivity index is 2.57. The van der Waals surface area contributed by atoms with Crippen LogP contribution in [0.2, 0.25) is 0 Å². The number of H-pyrrole nitrogens is 1. The fraction of sp³-hybridized carbons (Fsp3) is 0.111. The van der Waals surface area contributed by atoms with Gasteiger partial charge in [-0.1, -0.05) is 6.07 Å². The van der Waals surface area contributed by atoms with Crippen molar-refractivity contribution in [3.05, 3.63) is 40.4 Å². The number of hydrogen-bond acceptors (Lipinski definition) is 3. The highest BCUT2D eigenvalue weighted by Gasteiger charge is 2.02. The molecule has 15 heavy (non-hydrogen) atoms. The maximum absolute atomic E-state index is 11.3. The van der Waals surface area contributed by atoms with Crippen molar-refractivity contribution in [3.8, 4) is 0 Å². The van der Waals surface area contributed by atoms with Crippen LogP contribution in [0.15, 0.2) is 29.3 Å². The zero-order valence-electron chi connectivity index (χ0n) is 7.64. The fourth-order valence-corrected chi connectivity index (χ4v) is 1.81. The van der Waals surface area contributed by atoms with E-state index in [1.165, 1.54) is 6.33 Å². The molecule has 0 amide bonds. The largest absolute Gasteiger partial charge is 0.313 e. The lowest BCUT2D eigenvalue weighted by Crippen LogP contribution is -2.06. The highest BCUT2D eigenvalue weighted by molar-refractivity contribution is 7.78. The number of nitrogens with zero attached hydrogens (tertiary/aromatic N) is 1. The number of rotatable bonds is 2. The van der Waals surface area contributed by atoms with Crippen LogP contribution >= 0.6 is 0 Å². The van der Waals surface area contributed by atoms with Gasteiger partial charge in [0.1, 0.15) is 0 Å². The van der Waals surface area contributed by atoms with Gasteiger partial charge in [-0.2, -0.15) is 0 Å². The highest BCUT2D eigenvalue weighted by atomic mass is 32.2. The first-order valence-electron chi connectivity index (χ1n) is 4.20. The number of aromatic amines is 1. The fourth-order valence-electron chi connectivity index (χ4n) is 1.35. The number of fused-ring (bicyclic) bond motifs is 1. The van der Waals surface area contributed by atoms with E-state index in [4.69, 9.17) is 4.55 Å². The molecule has 0 radical (unpaired) electrons. The Kier molecular flexibility index (Phi) is 2.61. The van der Waals surface area contributed by atoms with Crippen molar-refractivity contribution in [1.82, 2.24) is 9.97 Å². The topological polar surface area (TPSA) is 83.0 Å². The van der Waals surface area contributed by atoms with Crippen LogP contribution in [-0.2, 0) is 16.8 Å². The van der Waals surface area contributed by atoms with Crippen LogP contribution in [0.3, 0.4) is 0 Å². The third-order valence-electron chi connectivity index (χ3n) is 2.00. The first-order valence-corrected chi connectivity index (χ1v) is 5.48. The smallest absolute Gasteiger partial charge is 0.258 e. The second kappa shape index (κ2) is 3.92. The monoisotopic (exact) mass is 224 g/mol. The predicted molar refractivity (Wildman–Crippen MR) is 56.8 cm³/mol. The summed E-state index contributed by atoms with van der Waals surface area (Å²) in [5, 5.41) is 0.477.